The average Bonchev–Trinajstić information content (AvgIpc) is 2.78. The van der Waals surface area contributed by atoms with E-state index in [0.717, 1.165) is 5.56 Å². The second-order valence-electron chi connectivity index (χ2n) is 4.39. The fourth-order valence-corrected chi connectivity index (χ4v) is 3.50. The highest BCUT2D eigenvalue weighted by Crippen LogP contribution is 2.20. The molecule has 0 spiro atoms. The van der Waals surface area contributed by atoms with E-state index in [-0.39, 0.29) is 17.4 Å². The molecule has 1 saturated heterocycles. The van der Waals surface area contributed by atoms with Gasteiger partial charge in [-0.05, 0) is 24.1 Å². The van der Waals surface area contributed by atoms with E-state index in [1.165, 1.54) is 4.31 Å². The predicted molar refractivity (Wildman–Crippen MR) is 67.1 cm³/mol. The van der Waals surface area contributed by atoms with Gasteiger partial charge in [-0.25, -0.2) is 8.42 Å². The molecule has 1 aromatic rings. The molecule has 1 atom stereocenters. The molecule has 2 rings (SSSR count). The molecule has 1 fully saturated rings. The van der Waals surface area contributed by atoms with Crippen molar-refractivity contribution in [1.82, 2.24) is 4.31 Å². The van der Waals surface area contributed by atoms with Gasteiger partial charge in [0.25, 0.3) is 0 Å². The number of benzene rings is 1. The first-order valence-corrected chi connectivity index (χ1v) is 7.19. The number of rotatable bonds is 3. The summed E-state index contributed by atoms with van der Waals surface area (Å²) < 4.78 is 25.9. The van der Waals surface area contributed by atoms with Crippen molar-refractivity contribution in [3.05, 3.63) is 29.8 Å². The zero-order valence-corrected chi connectivity index (χ0v) is 10.7. The van der Waals surface area contributed by atoms with Crippen molar-refractivity contribution in [1.29, 1.82) is 5.26 Å². The largest absolute Gasteiger partial charge is 0.326 e. The minimum atomic E-state index is -3.43. The minimum absolute atomic E-state index is 0.0716. The van der Waals surface area contributed by atoms with Gasteiger partial charge in [0.1, 0.15) is 0 Å². The SMILES string of the molecule is N#CCc1ccc(S(=O)(=O)N2CC[C@H](N)C2)cc1. The Balaban J connectivity index is 2.22. The molecule has 96 valence electrons. The van der Waals surface area contributed by atoms with Crippen LogP contribution in [0.5, 0.6) is 0 Å². The van der Waals surface area contributed by atoms with E-state index < -0.39 is 10.0 Å². The Morgan fingerprint density at radius 2 is 2.06 bits per heavy atom. The van der Waals surface area contributed by atoms with E-state index in [0.29, 0.717) is 19.5 Å². The van der Waals surface area contributed by atoms with Crippen LogP contribution >= 0.6 is 0 Å². The fraction of sp³-hybridized carbons (Fsp3) is 0.417. The number of nitriles is 1. The highest BCUT2D eigenvalue weighted by atomic mass is 32.2. The molecule has 1 heterocycles. The summed E-state index contributed by atoms with van der Waals surface area (Å²) in [6.07, 6.45) is 0.987. The van der Waals surface area contributed by atoms with Gasteiger partial charge in [0, 0.05) is 19.1 Å². The van der Waals surface area contributed by atoms with Crippen molar-refractivity contribution in [3.8, 4) is 6.07 Å². The lowest BCUT2D eigenvalue weighted by molar-refractivity contribution is 0.472. The van der Waals surface area contributed by atoms with Gasteiger partial charge in [-0.1, -0.05) is 12.1 Å². The maximum Gasteiger partial charge on any atom is 0.243 e. The summed E-state index contributed by atoms with van der Waals surface area (Å²) >= 11 is 0. The Morgan fingerprint density at radius 3 is 2.56 bits per heavy atom. The Bertz CT molecular complexity index is 560. The first-order valence-electron chi connectivity index (χ1n) is 5.75. The van der Waals surface area contributed by atoms with E-state index in [9.17, 15) is 8.42 Å². The van der Waals surface area contributed by atoms with Crippen molar-refractivity contribution in [2.75, 3.05) is 13.1 Å². The fourth-order valence-electron chi connectivity index (χ4n) is 1.99. The van der Waals surface area contributed by atoms with Crippen molar-refractivity contribution in [2.45, 2.75) is 23.8 Å². The first kappa shape index (κ1) is 13.0. The van der Waals surface area contributed by atoms with Gasteiger partial charge in [-0.3, -0.25) is 0 Å². The second kappa shape index (κ2) is 5.06. The lowest BCUT2D eigenvalue weighted by Crippen LogP contribution is -2.31. The van der Waals surface area contributed by atoms with Gasteiger partial charge in [0.2, 0.25) is 10.0 Å². The number of hydrogen-bond acceptors (Lipinski definition) is 4. The summed E-state index contributed by atoms with van der Waals surface area (Å²) in [5.41, 5.74) is 6.54. The van der Waals surface area contributed by atoms with Crippen molar-refractivity contribution in [3.63, 3.8) is 0 Å². The number of nitrogens with two attached hydrogens (primary N) is 1. The molecule has 0 saturated carbocycles. The highest BCUT2D eigenvalue weighted by molar-refractivity contribution is 7.89. The average molecular weight is 265 g/mol. The molecule has 18 heavy (non-hydrogen) atoms. The smallest absolute Gasteiger partial charge is 0.243 e. The van der Waals surface area contributed by atoms with Crippen LogP contribution in [0.25, 0.3) is 0 Å². The molecule has 1 aliphatic heterocycles. The standard InChI is InChI=1S/C12H15N3O2S/c13-7-5-10-1-3-12(4-2-10)18(16,17)15-8-6-11(14)9-15/h1-4,11H,5-6,8-9,14H2/t11-/m0/s1. The highest BCUT2D eigenvalue weighted by Gasteiger charge is 2.30. The van der Waals surface area contributed by atoms with Crippen LogP contribution in [0, 0.1) is 11.3 Å². The van der Waals surface area contributed by atoms with E-state index in [1.807, 2.05) is 6.07 Å². The summed E-state index contributed by atoms with van der Waals surface area (Å²) in [5, 5.41) is 8.56. The molecular weight excluding hydrogens is 250 g/mol. The molecule has 1 aromatic carbocycles. The van der Waals surface area contributed by atoms with Gasteiger partial charge in [-0.2, -0.15) is 9.57 Å². The quantitative estimate of drug-likeness (QED) is 0.860. The summed E-state index contributed by atoms with van der Waals surface area (Å²) in [4.78, 5) is 0.262. The zero-order valence-electron chi connectivity index (χ0n) is 9.91. The van der Waals surface area contributed by atoms with Crippen LogP contribution in [-0.4, -0.2) is 31.9 Å². The van der Waals surface area contributed by atoms with Crippen molar-refractivity contribution < 1.29 is 8.42 Å². The molecule has 0 amide bonds. The third kappa shape index (κ3) is 2.53. The van der Waals surface area contributed by atoms with Crippen LogP contribution < -0.4 is 5.73 Å². The molecule has 5 nitrogen and oxygen atoms in total. The van der Waals surface area contributed by atoms with E-state index >= 15 is 0 Å². The lowest BCUT2D eigenvalue weighted by Gasteiger charge is -2.15. The Kier molecular flexibility index (Phi) is 3.66. The monoisotopic (exact) mass is 265 g/mol. The second-order valence-corrected chi connectivity index (χ2v) is 6.33. The molecular formula is C12H15N3O2S. The van der Waals surface area contributed by atoms with Gasteiger partial charge in [0.05, 0.1) is 17.4 Å². The number of sulfonamides is 1. The van der Waals surface area contributed by atoms with Crippen molar-refractivity contribution in [2.24, 2.45) is 5.73 Å². The minimum Gasteiger partial charge on any atom is -0.326 e. The Hall–Kier alpha value is -1.42. The molecule has 0 unspecified atom stereocenters. The van der Waals surface area contributed by atoms with Crippen LogP contribution in [0.2, 0.25) is 0 Å². The maximum absolute atomic E-state index is 12.3. The van der Waals surface area contributed by atoms with Crippen LogP contribution in [0.3, 0.4) is 0 Å². The van der Waals surface area contributed by atoms with Crippen LogP contribution in [0.15, 0.2) is 29.2 Å². The molecule has 2 N–H and O–H groups in total. The van der Waals surface area contributed by atoms with Crippen molar-refractivity contribution >= 4 is 10.0 Å². The molecule has 1 aliphatic rings. The number of hydrogen-bond donors (Lipinski definition) is 1. The molecule has 0 bridgehead atoms. The molecule has 6 heteroatoms. The summed E-state index contributed by atoms with van der Waals surface area (Å²) in [5.74, 6) is 0. The Labute approximate surface area is 107 Å². The van der Waals surface area contributed by atoms with E-state index in [1.54, 1.807) is 24.3 Å². The zero-order chi connectivity index (χ0) is 13.2. The van der Waals surface area contributed by atoms with Crippen LogP contribution in [0.1, 0.15) is 12.0 Å². The van der Waals surface area contributed by atoms with Gasteiger partial charge >= 0.3 is 0 Å². The molecule has 0 radical (unpaired) electrons. The normalized spacial score (nSPS) is 20.8. The number of nitrogens with zero attached hydrogens (tertiary/aromatic N) is 2. The summed E-state index contributed by atoms with van der Waals surface area (Å²) in [6.45, 7) is 0.853. The maximum atomic E-state index is 12.3. The van der Waals surface area contributed by atoms with Gasteiger partial charge in [-0.15, -0.1) is 0 Å². The Morgan fingerprint density at radius 1 is 1.39 bits per heavy atom. The molecule has 0 aliphatic carbocycles. The van der Waals surface area contributed by atoms with Gasteiger partial charge in [0.15, 0.2) is 0 Å². The summed E-state index contributed by atoms with van der Waals surface area (Å²) in [7, 11) is -3.43. The van der Waals surface area contributed by atoms with Crippen LogP contribution in [0.4, 0.5) is 0 Å². The molecule has 0 aromatic heterocycles. The third-order valence-corrected chi connectivity index (χ3v) is 4.91. The first-order chi connectivity index (χ1) is 8.54. The topological polar surface area (TPSA) is 87.2 Å². The third-order valence-electron chi connectivity index (χ3n) is 3.03. The van der Waals surface area contributed by atoms with E-state index in [2.05, 4.69) is 0 Å². The van der Waals surface area contributed by atoms with Crippen LogP contribution in [-0.2, 0) is 16.4 Å². The van der Waals surface area contributed by atoms with Gasteiger partial charge < -0.3 is 5.73 Å². The predicted octanol–water partition coefficient (Wildman–Crippen LogP) is 0.474. The summed E-state index contributed by atoms with van der Waals surface area (Å²) in [6, 6.07) is 8.40. The lowest BCUT2D eigenvalue weighted by atomic mass is 10.2. The van der Waals surface area contributed by atoms with E-state index in [4.69, 9.17) is 11.0 Å².